The molecule has 0 spiro atoms. The molecule has 0 fully saturated rings. The molecule has 4 rings (SSSR count). The number of imidazole rings is 1. The Bertz CT molecular complexity index is 1080. The molecule has 1 N–H and O–H groups in total. The van der Waals surface area contributed by atoms with Crippen LogP contribution in [0.1, 0.15) is 21.5 Å². The van der Waals surface area contributed by atoms with Crippen molar-refractivity contribution in [2.45, 2.75) is 13.2 Å². The Morgan fingerprint density at radius 3 is 2.62 bits per heavy atom. The molecule has 144 valence electrons. The van der Waals surface area contributed by atoms with Gasteiger partial charge in [0.05, 0.1) is 12.0 Å². The number of amides is 1. The van der Waals surface area contributed by atoms with Gasteiger partial charge in [-0.2, -0.15) is 0 Å². The van der Waals surface area contributed by atoms with Crippen LogP contribution in [0, 0.1) is 0 Å². The van der Waals surface area contributed by atoms with Crippen molar-refractivity contribution in [3.8, 4) is 11.4 Å². The van der Waals surface area contributed by atoms with E-state index in [9.17, 15) is 4.79 Å². The van der Waals surface area contributed by atoms with Gasteiger partial charge in [0.15, 0.2) is 0 Å². The molecule has 0 unspecified atom stereocenters. The van der Waals surface area contributed by atoms with Gasteiger partial charge >= 0.3 is 0 Å². The molecule has 0 aliphatic carbocycles. The molecule has 5 nitrogen and oxygen atoms in total. The first kappa shape index (κ1) is 18.5. The smallest absolute Gasteiger partial charge is 0.251 e. The zero-order valence-electron chi connectivity index (χ0n) is 15.9. The molecule has 0 aliphatic rings. The quantitative estimate of drug-likeness (QED) is 0.515. The molecular weight excluding hydrogens is 362 g/mol. The van der Waals surface area contributed by atoms with Gasteiger partial charge in [-0.1, -0.05) is 54.6 Å². The minimum absolute atomic E-state index is 0.143. The molecule has 0 bridgehead atoms. The van der Waals surface area contributed by atoms with Crippen LogP contribution < -0.4 is 10.1 Å². The number of carbonyl (C=O) groups is 1. The van der Waals surface area contributed by atoms with Gasteiger partial charge in [0.2, 0.25) is 0 Å². The Morgan fingerprint density at radius 1 is 0.966 bits per heavy atom. The number of hydrogen-bond donors (Lipinski definition) is 1. The van der Waals surface area contributed by atoms with E-state index >= 15 is 0 Å². The molecule has 0 aliphatic heterocycles. The minimum Gasteiger partial charge on any atom is -0.489 e. The average Bonchev–Trinajstić information content (AvgIpc) is 3.32. The fraction of sp³-hybridized carbons (Fsp3) is 0.0833. The molecule has 0 saturated carbocycles. The fourth-order valence-electron chi connectivity index (χ4n) is 3.06. The summed E-state index contributed by atoms with van der Waals surface area (Å²) in [5.41, 5.74) is 3.65. The van der Waals surface area contributed by atoms with Gasteiger partial charge in [0.1, 0.15) is 12.4 Å². The maximum atomic E-state index is 12.7. The highest BCUT2D eigenvalue weighted by Gasteiger charge is 2.09. The Hall–Kier alpha value is -3.86. The normalized spacial score (nSPS) is 10.5. The second-order valence-electron chi connectivity index (χ2n) is 6.58. The number of nitrogens with one attached hydrogen (secondary N) is 1. The van der Waals surface area contributed by atoms with Gasteiger partial charge in [0, 0.05) is 24.5 Å². The summed E-state index contributed by atoms with van der Waals surface area (Å²) in [7, 11) is 0. The van der Waals surface area contributed by atoms with E-state index in [-0.39, 0.29) is 5.91 Å². The first-order valence-corrected chi connectivity index (χ1v) is 9.41. The van der Waals surface area contributed by atoms with E-state index in [2.05, 4.69) is 10.3 Å². The number of hydrogen-bond acceptors (Lipinski definition) is 3. The lowest BCUT2D eigenvalue weighted by atomic mass is 10.1. The largest absolute Gasteiger partial charge is 0.489 e. The first-order valence-electron chi connectivity index (χ1n) is 9.41. The molecule has 0 atom stereocenters. The Morgan fingerprint density at radius 2 is 1.79 bits per heavy atom. The van der Waals surface area contributed by atoms with Crippen LogP contribution in [0.2, 0.25) is 0 Å². The van der Waals surface area contributed by atoms with Crippen molar-refractivity contribution >= 4 is 5.91 Å². The van der Waals surface area contributed by atoms with Crippen molar-refractivity contribution in [3.63, 3.8) is 0 Å². The summed E-state index contributed by atoms with van der Waals surface area (Å²) in [5.74, 6) is 0.524. The van der Waals surface area contributed by atoms with Crippen LogP contribution in [-0.4, -0.2) is 15.5 Å². The monoisotopic (exact) mass is 383 g/mol. The molecule has 0 saturated heterocycles. The maximum absolute atomic E-state index is 12.7. The summed E-state index contributed by atoms with van der Waals surface area (Å²) in [6.07, 6.45) is 5.36. The Balaban J connectivity index is 1.41. The Kier molecular flexibility index (Phi) is 5.67. The summed E-state index contributed by atoms with van der Waals surface area (Å²) < 4.78 is 7.75. The molecule has 0 radical (unpaired) electrons. The third kappa shape index (κ3) is 4.71. The molecule has 1 amide bonds. The number of nitrogens with zero attached hydrogens (tertiary/aromatic N) is 2. The molecule has 1 heterocycles. The van der Waals surface area contributed by atoms with Crippen LogP contribution in [0.4, 0.5) is 0 Å². The lowest BCUT2D eigenvalue weighted by molar-refractivity contribution is 0.0950. The molecule has 5 heteroatoms. The fourth-order valence-corrected chi connectivity index (χ4v) is 3.06. The third-order valence-corrected chi connectivity index (χ3v) is 4.56. The van der Waals surface area contributed by atoms with Crippen molar-refractivity contribution in [2.24, 2.45) is 0 Å². The molecule has 29 heavy (non-hydrogen) atoms. The van der Waals surface area contributed by atoms with E-state index in [1.165, 1.54) is 0 Å². The standard InChI is InChI=1S/C24H21N3O2/c28-24(26-16-21-9-4-5-12-23(21)27-14-13-25-18-27)20-10-6-11-22(15-20)29-17-19-7-2-1-3-8-19/h1-15,18H,16-17H2,(H,26,28). The first-order chi connectivity index (χ1) is 14.3. The number of para-hydroxylation sites is 1. The van der Waals surface area contributed by atoms with E-state index in [0.717, 1.165) is 16.8 Å². The molecule has 1 aromatic heterocycles. The second-order valence-corrected chi connectivity index (χ2v) is 6.58. The Labute approximate surface area is 169 Å². The van der Waals surface area contributed by atoms with Gasteiger partial charge in [-0.05, 0) is 35.4 Å². The zero-order valence-corrected chi connectivity index (χ0v) is 15.9. The number of ether oxygens (including phenoxy) is 1. The molecular formula is C24H21N3O2. The van der Waals surface area contributed by atoms with Crippen LogP contribution in [0.3, 0.4) is 0 Å². The van der Waals surface area contributed by atoms with E-state index in [1.54, 1.807) is 24.7 Å². The number of aromatic nitrogens is 2. The number of rotatable bonds is 7. The van der Waals surface area contributed by atoms with Crippen molar-refractivity contribution < 1.29 is 9.53 Å². The van der Waals surface area contributed by atoms with Crippen molar-refractivity contribution in [1.82, 2.24) is 14.9 Å². The predicted octanol–water partition coefficient (Wildman–Crippen LogP) is 4.38. The van der Waals surface area contributed by atoms with E-state index in [4.69, 9.17) is 4.74 Å². The summed E-state index contributed by atoms with van der Waals surface area (Å²) in [5, 5.41) is 2.99. The predicted molar refractivity (Wildman–Crippen MR) is 112 cm³/mol. The topological polar surface area (TPSA) is 56.2 Å². The molecule has 3 aromatic carbocycles. The van der Waals surface area contributed by atoms with Gasteiger partial charge < -0.3 is 14.6 Å². The number of benzene rings is 3. The van der Waals surface area contributed by atoms with E-state index < -0.39 is 0 Å². The van der Waals surface area contributed by atoms with Gasteiger partial charge in [0.25, 0.3) is 5.91 Å². The van der Waals surface area contributed by atoms with E-state index in [1.807, 2.05) is 77.5 Å². The van der Waals surface area contributed by atoms with Crippen LogP contribution in [0.5, 0.6) is 5.75 Å². The van der Waals surface area contributed by atoms with Crippen molar-refractivity contribution in [2.75, 3.05) is 0 Å². The number of carbonyl (C=O) groups excluding carboxylic acids is 1. The third-order valence-electron chi connectivity index (χ3n) is 4.56. The summed E-state index contributed by atoms with van der Waals surface area (Å²) in [4.78, 5) is 16.7. The van der Waals surface area contributed by atoms with Gasteiger partial charge in [-0.3, -0.25) is 4.79 Å². The maximum Gasteiger partial charge on any atom is 0.251 e. The molecule has 4 aromatic rings. The van der Waals surface area contributed by atoms with E-state index in [0.29, 0.717) is 24.5 Å². The summed E-state index contributed by atoms with van der Waals surface area (Å²) >= 11 is 0. The lowest BCUT2D eigenvalue weighted by Crippen LogP contribution is -2.23. The highest BCUT2D eigenvalue weighted by molar-refractivity contribution is 5.94. The van der Waals surface area contributed by atoms with Crippen LogP contribution in [-0.2, 0) is 13.2 Å². The highest BCUT2D eigenvalue weighted by atomic mass is 16.5. The van der Waals surface area contributed by atoms with Crippen LogP contribution in [0.25, 0.3) is 5.69 Å². The van der Waals surface area contributed by atoms with Crippen molar-refractivity contribution in [3.05, 3.63) is 114 Å². The lowest BCUT2D eigenvalue weighted by Gasteiger charge is -2.12. The zero-order chi connectivity index (χ0) is 19.9. The van der Waals surface area contributed by atoms with Crippen molar-refractivity contribution in [1.29, 1.82) is 0 Å². The highest BCUT2D eigenvalue weighted by Crippen LogP contribution is 2.17. The second kappa shape index (κ2) is 8.89. The average molecular weight is 383 g/mol. The SMILES string of the molecule is O=C(NCc1ccccc1-n1ccnc1)c1cccc(OCc2ccccc2)c1. The summed E-state index contributed by atoms with van der Waals surface area (Å²) in [6.45, 7) is 0.881. The minimum atomic E-state index is -0.143. The van der Waals surface area contributed by atoms with Crippen LogP contribution in [0.15, 0.2) is 97.6 Å². The van der Waals surface area contributed by atoms with Gasteiger partial charge in [-0.25, -0.2) is 4.98 Å². The van der Waals surface area contributed by atoms with Gasteiger partial charge in [-0.15, -0.1) is 0 Å². The van der Waals surface area contributed by atoms with Crippen LogP contribution >= 0.6 is 0 Å². The summed E-state index contributed by atoms with van der Waals surface area (Å²) in [6, 6.07) is 25.1.